The second-order valence-corrected chi connectivity index (χ2v) is 7.83. The van der Waals surface area contributed by atoms with Crippen LogP contribution < -0.4 is 5.32 Å². The predicted molar refractivity (Wildman–Crippen MR) is 108 cm³/mol. The number of aromatic nitrogens is 2. The van der Waals surface area contributed by atoms with Crippen LogP contribution in [-0.4, -0.2) is 33.7 Å². The normalized spacial score (nSPS) is 16.3. The van der Waals surface area contributed by atoms with E-state index >= 15 is 0 Å². The fourth-order valence-electron chi connectivity index (χ4n) is 3.35. The zero-order valence-electron chi connectivity index (χ0n) is 16.7. The maximum absolute atomic E-state index is 12.4. The Balaban J connectivity index is 1.48. The van der Waals surface area contributed by atoms with Gasteiger partial charge in [0, 0.05) is 17.0 Å². The molecule has 2 aromatic rings. The van der Waals surface area contributed by atoms with E-state index in [-0.39, 0.29) is 12.8 Å². The van der Waals surface area contributed by atoms with E-state index in [1.807, 2.05) is 0 Å². The van der Waals surface area contributed by atoms with Gasteiger partial charge in [-0.3, -0.25) is 9.59 Å². The molecule has 8 nitrogen and oxygen atoms in total. The summed E-state index contributed by atoms with van der Waals surface area (Å²) in [4.78, 5) is 28.7. The Hall–Kier alpha value is -2.92. The maximum atomic E-state index is 12.4. The third-order valence-corrected chi connectivity index (χ3v) is 5.33. The van der Waals surface area contributed by atoms with Crippen LogP contribution in [0.4, 0.5) is 0 Å². The second-order valence-electron chi connectivity index (χ2n) is 7.39. The van der Waals surface area contributed by atoms with Crippen LogP contribution in [0, 0.1) is 11.3 Å². The molecule has 1 N–H and O–H groups in total. The highest BCUT2D eigenvalue weighted by Crippen LogP contribution is 2.27. The van der Waals surface area contributed by atoms with Crippen LogP contribution in [-0.2, 0) is 20.7 Å². The first-order chi connectivity index (χ1) is 14.4. The fraction of sp³-hybridized carbons (Fsp3) is 0.476. The molecule has 1 amide bonds. The van der Waals surface area contributed by atoms with Gasteiger partial charge in [-0.1, -0.05) is 36.0 Å². The molecule has 1 aliphatic carbocycles. The van der Waals surface area contributed by atoms with Crippen molar-refractivity contribution in [2.45, 2.75) is 63.5 Å². The molecule has 1 aromatic heterocycles. The van der Waals surface area contributed by atoms with E-state index in [2.05, 4.69) is 21.5 Å². The Morgan fingerprint density at radius 2 is 2.00 bits per heavy atom. The van der Waals surface area contributed by atoms with Gasteiger partial charge >= 0.3 is 5.97 Å². The molecule has 1 aliphatic rings. The van der Waals surface area contributed by atoms with Crippen molar-refractivity contribution in [3.63, 3.8) is 0 Å². The second kappa shape index (κ2) is 9.72. The Morgan fingerprint density at radius 1 is 1.30 bits per heavy atom. The lowest BCUT2D eigenvalue weighted by Crippen LogP contribution is -2.52. The molecule has 0 saturated heterocycles. The quantitative estimate of drug-likeness (QED) is 0.666. The summed E-state index contributed by atoms with van der Waals surface area (Å²) in [7, 11) is 0. The van der Waals surface area contributed by atoms with Crippen LogP contribution in [0.25, 0.3) is 11.4 Å². The number of rotatable bonds is 7. The molecule has 30 heavy (non-hydrogen) atoms. The van der Waals surface area contributed by atoms with Gasteiger partial charge in [-0.05, 0) is 44.0 Å². The number of ether oxygens (including phenoxy) is 1. The van der Waals surface area contributed by atoms with Crippen molar-refractivity contribution in [2.24, 2.45) is 0 Å². The summed E-state index contributed by atoms with van der Waals surface area (Å²) in [6.45, 7) is 1.49. The lowest BCUT2D eigenvalue weighted by Gasteiger charge is -2.32. The fourth-order valence-corrected chi connectivity index (χ4v) is 3.47. The highest BCUT2D eigenvalue weighted by atomic mass is 35.5. The highest BCUT2D eigenvalue weighted by Gasteiger charge is 2.35. The largest absolute Gasteiger partial charge is 0.453 e. The van der Waals surface area contributed by atoms with Crippen LogP contribution in [0.2, 0.25) is 5.02 Å². The Labute approximate surface area is 179 Å². The minimum absolute atomic E-state index is 0.0107. The first-order valence-corrected chi connectivity index (χ1v) is 10.3. The summed E-state index contributed by atoms with van der Waals surface area (Å²) < 4.78 is 10.4. The van der Waals surface area contributed by atoms with E-state index in [1.165, 1.54) is 6.92 Å². The molecule has 0 bridgehead atoms. The average Bonchev–Trinajstić information content (AvgIpc) is 3.22. The predicted octanol–water partition coefficient (Wildman–Crippen LogP) is 3.60. The minimum Gasteiger partial charge on any atom is -0.453 e. The molecule has 1 fully saturated rings. The summed E-state index contributed by atoms with van der Waals surface area (Å²) >= 11 is 5.86. The van der Waals surface area contributed by atoms with Crippen molar-refractivity contribution in [3.8, 4) is 17.5 Å². The van der Waals surface area contributed by atoms with Crippen LogP contribution in [0.5, 0.6) is 0 Å². The van der Waals surface area contributed by atoms with Crippen molar-refractivity contribution < 1.29 is 18.8 Å². The van der Waals surface area contributed by atoms with Crippen molar-refractivity contribution in [2.75, 3.05) is 0 Å². The van der Waals surface area contributed by atoms with E-state index in [9.17, 15) is 14.9 Å². The van der Waals surface area contributed by atoms with E-state index in [1.54, 1.807) is 24.3 Å². The number of halogens is 1. The van der Waals surface area contributed by atoms with Gasteiger partial charge in [0.15, 0.2) is 6.10 Å². The lowest BCUT2D eigenvalue weighted by atomic mass is 9.83. The molecule has 0 aliphatic heterocycles. The average molecular weight is 431 g/mol. The molecule has 1 aromatic carbocycles. The van der Waals surface area contributed by atoms with Crippen molar-refractivity contribution in [1.82, 2.24) is 15.5 Å². The van der Waals surface area contributed by atoms with Gasteiger partial charge in [0.25, 0.3) is 5.91 Å². The smallest absolute Gasteiger partial charge is 0.307 e. The number of nitrogens with one attached hydrogen (secondary N) is 1. The summed E-state index contributed by atoms with van der Waals surface area (Å²) in [5, 5.41) is 16.7. The summed E-state index contributed by atoms with van der Waals surface area (Å²) in [6.07, 6.45) is 3.26. The van der Waals surface area contributed by atoms with Gasteiger partial charge in [0.2, 0.25) is 11.7 Å². The van der Waals surface area contributed by atoms with Crippen LogP contribution >= 0.6 is 11.6 Å². The molecule has 1 heterocycles. The van der Waals surface area contributed by atoms with Crippen molar-refractivity contribution in [1.29, 1.82) is 5.26 Å². The number of nitriles is 1. The van der Waals surface area contributed by atoms with Crippen molar-refractivity contribution >= 4 is 23.5 Å². The van der Waals surface area contributed by atoms with Gasteiger partial charge in [0.05, 0.1) is 12.5 Å². The number of hydrogen-bond donors (Lipinski definition) is 1. The Bertz CT molecular complexity index is 929. The van der Waals surface area contributed by atoms with Gasteiger partial charge in [-0.25, -0.2) is 0 Å². The number of nitrogens with zero attached hydrogens (tertiary/aromatic N) is 3. The molecular formula is C21H23ClN4O4. The number of carbonyl (C=O) groups is 2. The van der Waals surface area contributed by atoms with Crippen LogP contribution in [0.15, 0.2) is 28.8 Å². The number of hydrogen-bond acceptors (Lipinski definition) is 7. The Morgan fingerprint density at radius 3 is 2.67 bits per heavy atom. The van der Waals surface area contributed by atoms with Crippen molar-refractivity contribution in [3.05, 3.63) is 35.2 Å². The number of carbonyl (C=O) groups excluding carboxylic acids is 2. The summed E-state index contributed by atoms with van der Waals surface area (Å²) in [5.41, 5.74) is -0.117. The molecule has 1 unspecified atom stereocenters. The summed E-state index contributed by atoms with van der Waals surface area (Å²) in [6, 6.07) is 9.20. The Kier molecular flexibility index (Phi) is 7.06. The first kappa shape index (κ1) is 21.8. The molecule has 0 radical (unpaired) electrons. The number of esters is 1. The summed E-state index contributed by atoms with van der Waals surface area (Å²) in [5.74, 6) is -0.329. The van der Waals surface area contributed by atoms with Gasteiger partial charge in [0.1, 0.15) is 5.54 Å². The zero-order valence-corrected chi connectivity index (χ0v) is 17.4. The van der Waals surface area contributed by atoms with Gasteiger partial charge in [-0.15, -0.1) is 0 Å². The first-order valence-electron chi connectivity index (χ1n) is 9.92. The molecule has 1 atom stereocenters. The number of benzene rings is 1. The molecule has 158 valence electrons. The topological polar surface area (TPSA) is 118 Å². The molecule has 0 spiro atoms. The highest BCUT2D eigenvalue weighted by molar-refractivity contribution is 6.30. The van der Waals surface area contributed by atoms with E-state index in [0.29, 0.717) is 29.6 Å². The van der Waals surface area contributed by atoms with E-state index in [4.69, 9.17) is 20.9 Å². The SMILES string of the molecule is CC(OC(=O)CCc1nc(-c2ccc(Cl)cc2)no1)C(=O)NC1(C#N)CCCCC1. The van der Waals surface area contributed by atoms with Gasteiger partial charge < -0.3 is 14.6 Å². The number of aryl methyl sites for hydroxylation is 1. The standard InChI is InChI=1S/C21H23ClN4O4/c1-14(20(28)25-21(13-23)11-3-2-4-12-21)29-18(27)10-9-17-24-19(26-30-17)15-5-7-16(22)8-6-15/h5-8,14H,2-4,9-12H2,1H3,(H,25,28). The zero-order chi connectivity index (χ0) is 21.6. The molecular weight excluding hydrogens is 408 g/mol. The molecule has 3 rings (SSSR count). The third-order valence-electron chi connectivity index (χ3n) is 5.07. The monoisotopic (exact) mass is 430 g/mol. The van der Waals surface area contributed by atoms with Gasteiger partial charge in [-0.2, -0.15) is 10.2 Å². The van der Waals surface area contributed by atoms with E-state index < -0.39 is 23.5 Å². The van der Waals surface area contributed by atoms with Crippen LogP contribution in [0.1, 0.15) is 51.3 Å². The maximum Gasteiger partial charge on any atom is 0.307 e. The molecule has 9 heteroatoms. The number of amides is 1. The lowest BCUT2D eigenvalue weighted by molar-refractivity contribution is -0.155. The molecule has 1 saturated carbocycles. The third kappa shape index (κ3) is 5.57. The van der Waals surface area contributed by atoms with E-state index in [0.717, 1.165) is 24.8 Å². The minimum atomic E-state index is -0.989. The van der Waals surface area contributed by atoms with Crippen LogP contribution in [0.3, 0.4) is 0 Å².